The summed E-state index contributed by atoms with van der Waals surface area (Å²) in [6.45, 7) is 10.7. The van der Waals surface area contributed by atoms with Crippen molar-refractivity contribution in [1.82, 2.24) is 10.1 Å². The van der Waals surface area contributed by atoms with Gasteiger partial charge in [0, 0.05) is 30.5 Å². The van der Waals surface area contributed by atoms with Crippen molar-refractivity contribution < 1.29 is 19.2 Å². The second-order valence-corrected chi connectivity index (χ2v) is 9.25. The van der Waals surface area contributed by atoms with E-state index in [1.165, 1.54) is 16.7 Å². The summed E-state index contributed by atoms with van der Waals surface area (Å²) in [4.78, 5) is 25.5. The molecule has 1 fully saturated rings. The van der Waals surface area contributed by atoms with Crippen LogP contribution in [0.25, 0.3) is 0 Å². The fourth-order valence-corrected chi connectivity index (χ4v) is 4.19. The first-order valence-electron chi connectivity index (χ1n) is 8.48. The number of thioether (sulfide) groups is 1. The Morgan fingerprint density at radius 1 is 1.44 bits per heavy atom. The van der Waals surface area contributed by atoms with Crippen molar-refractivity contribution in [3.05, 3.63) is 11.8 Å². The van der Waals surface area contributed by atoms with Crippen LogP contribution in [0.2, 0.25) is 0 Å². The summed E-state index contributed by atoms with van der Waals surface area (Å²) >= 11 is 1.54. The number of hydrogen-bond donors (Lipinski definition) is 2. The Morgan fingerprint density at radius 2 is 2.12 bits per heavy atom. The van der Waals surface area contributed by atoms with Gasteiger partial charge in [0.2, 0.25) is 5.91 Å². The van der Waals surface area contributed by atoms with E-state index >= 15 is 0 Å². The summed E-state index contributed by atoms with van der Waals surface area (Å²) in [6.07, 6.45) is -0.256. The average Bonchev–Trinajstić information content (AvgIpc) is 3.16. The summed E-state index contributed by atoms with van der Waals surface area (Å²) < 4.78 is 4.60. The molecule has 2 heterocycles. The molecule has 0 aliphatic carbocycles. The van der Waals surface area contributed by atoms with Crippen LogP contribution in [0.1, 0.15) is 46.8 Å². The van der Waals surface area contributed by atoms with Gasteiger partial charge < -0.3 is 19.8 Å². The van der Waals surface area contributed by atoms with Crippen LogP contribution in [-0.2, 0) is 10.2 Å². The number of amides is 2. The standard InChI is InChI=1S/C17H27N3O4S/c1-6-25-17(5,11-7-8-20(10-11)15(22)23)14(21)18-13-9-12(24-19-13)16(2,3)4/h9,11H,6-8,10H2,1-5H3,(H,22,23)(H,18,19,21). The van der Waals surface area contributed by atoms with E-state index in [2.05, 4.69) is 10.5 Å². The van der Waals surface area contributed by atoms with Crippen LogP contribution in [0.15, 0.2) is 10.6 Å². The van der Waals surface area contributed by atoms with E-state index in [9.17, 15) is 14.7 Å². The topological polar surface area (TPSA) is 95.7 Å². The van der Waals surface area contributed by atoms with Crippen molar-refractivity contribution in [2.45, 2.75) is 51.2 Å². The Kier molecular flexibility index (Phi) is 5.71. The molecular weight excluding hydrogens is 342 g/mol. The van der Waals surface area contributed by atoms with Crippen molar-refractivity contribution in [1.29, 1.82) is 0 Å². The van der Waals surface area contributed by atoms with Crippen LogP contribution in [0.5, 0.6) is 0 Å². The highest BCUT2D eigenvalue weighted by molar-refractivity contribution is 8.01. The van der Waals surface area contributed by atoms with Gasteiger partial charge in [-0.05, 0) is 19.1 Å². The van der Waals surface area contributed by atoms with Gasteiger partial charge in [0.25, 0.3) is 0 Å². The molecule has 0 spiro atoms. The maximum atomic E-state index is 13.0. The van der Waals surface area contributed by atoms with Gasteiger partial charge in [0.05, 0.1) is 4.75 Å². The number of aromatic nitrogens is 1. The van der Waals surface area contributed by atoms with Crippen molar-refractivity contribution in [3.63, 3.8) is 0 Å². The third kappa shape index (κ3) is 4.29. The molecule has 0 aromatic carbocycles. The lowest BCUT2D eigenvalue weighted by molar-refractivity contribution is -0.119. The van der Waals surface area contributed by atoms with Gasteiger partial charge in [0.1, 0.15) is 5.76 Å². The number of nitrogens with one attached hydrogen (secondary N) is 1. The molecule has 1 aliphatic rings. The first kappa shape index (κ1) is 19.6. The molecule has 0 saturated carbocycles. The van der Waals surface area contributed by atoms with Crippen molar-refractivity contribution >= 4 is 29.6 Å². The molecular formula is C17H27N3O4S. The van der Waals surface area contributed by atoms with Gasteiger partial charge in [-0.3, -0.25) is 4.79 Å². The van der Waals surface area contributed by atoms with Crippen molar-refractivity contribution in [3.8, 4) is 0 Å². The number of rotatable bonds is 5. The number of nitrogens with zero attached hydrogens (tertiary/aromatic N) is 2. The zero-order chi connectivity index (χ0) is 18.8. The number of carbonyl (C=O) groups excluding carboxylic acids is 1. The molecule has 140 valence electrons. The first-order chi connectivity index (χ1) is 11.6. The largest absolute Gasteiger partial charge is 0.465 e. The molecule has 2 rings (SSSR count). The van der Waals surface area contributed by atoms with Gasteiger partial charge in [-0.1, -0.05) is 32.9 Å². The van der Waals surface area contributed by atoms with E-state index in [1.54, 1.807) is 6.07 Å². The highest BCUT2D eigenvalue weighted by atomic mass is 32.2. The fourth-order valence-electron chi connectivity index (χ4n) is 2.98. The second-order valence-electron chi connectivity index (χ2n) is 7.53. The van der Waals surface area contributed by atoms with Gasteiger partial charge in [-0.2, -0.15) is 0 Å². The molecule has 8 heteroatoms. The maximum absolute atomic E-state index is 13.0. The van der Waals surface area contributed by atoms with Gasteiger partial charge in [-0.25, -0.2) is 4.79 Å². The van der Waals surface area contributed by atoms with Gasteiger partial charge >= 0.3 is 6.09 Å². The van der Waals surface area contributed by atoms with Gasteiger partial charge in [0.15, 0.2) is 5.82 Å². The lowest BCUT2D eigenvalue weighted by Crippen LogP contribution is -2.45. The second kappa shape index (κ2) is 7.27. The van der Waals surface area contributed by atoms with Crippen LogP contribution < -0.4 is 5.32 Å². The van der Waals surface area contributed by atoms with E-state index in [1.807, 2.05) is 34.6 Å². The molecule has 25 heavy (non-hydrogen) atoms. The molecule has 1 saturated heterocycles. The monoisotopic (exact) mass is 369 g/mol. The van der Waals surface area contributed by atoms with E-state index in [4.69, 9.17) is 4.52 Å². The Bertz CT molecular complexity index is 640. The van der Waals surface area contributed by atoms with Crippen molar-refractivity contribution in [2.24, 2.45) is 5.92 Å². The van der Waals surface area contributed by atoms with Gasteiger partial charge in [-0.15, -0.1) is 11.8 Å². The number of anilines is 1. The predicted octanol–water partition coefficient (Wildman–Crippen LogP) is 3.42. The summed E-state index contributed by atoms with van der Waals surface area (Å²) in [5, 5.41) is 16.0. The first-order valence-corrected chi connectivity index (χ1v) is 9.47. The Hall–Kier alpha value is -1.70. The molecule has 0 radical (unpaired) electrons. The minimum atomic E-state index is -0.932. The molecule has 2 atom stereocenters. The Labute approximate surface area is 152 Å². The third-order valence-electron chi connectivity index (χ3n) is 4.62. The summed E-state index contributed by atoms with van der Waals surface area (Å²) in [7, 11) is 0. The van der Waals surface area contributed by atoms with Crippen molar-refractivity contribution in [2.75, 3.05) is 24.2 Å². The average molecular weight is 369 g/mol. The molecule has 1 aromatic heterocycles. The highest BCUT2D eigenvalue weighted by Gasteiger charge is 2.45. The minimum Gasteiger partial charge on any atom is -0.465 e. The van der Waals surface area contributed by atoms with E-state index in [0.717, 1.165) is 5.75 Å². The van der Waals surface area contributed by atoms with Crippen LogP contribution in [0.4, 0.5) is 10.6 Å². The SMILES string of the molecule is CCSC(C)(C(=O)Nc1cc(C(C)(C)C)on1)C1CCN(C(=O)O)C1. The van der Waals surface area contributed by atoms with Crippen LogP contribution in [-0.4, -0.2) is 50.8 Å². The van der Waals surface area contributed by atoms with E-state index in [0.29, 0.717) is 31.1 Å². The zero-order valence-corrected chi connectivity index (χ0v) is 16.3. The predicted molar refractivity (Wildman–Crippen MR) is 98.1 cm³/mol. The summed E-state index contributed by atoms with van der Waals surface area (Å²) in [6, 6.07) is 1.74. The normalized spacial score (nSPS) is 20.4. The fraction of sp³-hybridized carbons (Fsp3) is 0.706. The summed E-state index contributed by atoms with van der Waals surface area (Å²) in [5.74, 6) is 1.66. The quantitative estimate of drug-likeness (QED) is 0.825. The summed E-state index contributed by atoms with van der Waals surface area (Å²) in [5.41, 5.74) is -0.190. The lowest BCUT2D eigenvalue weighted by atomic mass is 9.91. The molecule has 2 amide bonds. The molecule has 2 unspecified atom stereocenters. The molecule has 7 nitrogen and oxygen atoms in total. The Morgan fingerprint density at radius 3 is 2.60 bits per heavy atom. The van der Waals surface area contributed by atoms with Crippen LogP contribution in [0.3, 0.4) is 0 Å². The lowest BCUT2D eigenvalue weighted by Gasteiger charge is -2.32. The number of likely N-dealkylation sites (tertiary alicyclic amines) is 1. The maximum Gasteiger partial charge on any atom is 0.407 e. The highest BCUT2D eigenvalue weighted by Crippen LogP contribution is 2.39. The van der Waals surface area contributed by atoms with E-state index in [-0.39, 0.29) is 17.2 Å². The molecule has 1 aromatic rings. The number of carboxylic acid groups (broad SMARTS) is 1. The minimum absolute atomic E-state index is 0.0393. The smallest absolute Gasteiger partial charge is 0.407 e. The number of hydrogen-bond acceptors (Lipinski definition) is 5. The molecule has 1 aliphatic heterocycles. The molecule has 2 N–H and O–H groups in total. The molecule has 0 bridgehead atoms. The number of carbonyl (C=O) groups is 2. The Balaban J connectivity index is 2.14. The van der Waals surface area contributed by atoms with E-state index < -0.39 is 10.8 Å². The van der Waals surface area contributed by atoms with Crippen LogP contribution >= 0.6 is 11.8 Å². The third-order valence-corrected chi connectivity index (χ3v) is 6.03. The zero-order valence-electron chi connectivity index (χ0n) is 15.5. The van der Waals surface area contributed by atoms with Crippen LogP contribution in [0, 0.1) is 5.92 Å².